The number of hydrogen-bond donors (Lipinski definition) is 1. The summed E-state index contributed by atoms with van der Waals surface area (Å²) in [6.45, 7) is 2.06. The monoisotopic (exact) mass is 180 g/mol. The summed E-state index contributed by atoms with van der Waals surface area (Å²) in [6.07, 6.45) is 4.93. The summed E-state index contributed by atoms with van der Waals surface area (Å²) in [5.41, 5.74) is 2.42. The Hall–Kier alpha value is -0.830. The van der Waals surface area contributed by atoms with Gasteiger partial charge in [0.2, 0.25) is 0 Å². The summed E-state index contributed by atoms with van der Waals surface area (Å²) in [7, 11) is 1.94. The standard InChI is InChI=1S/C10H16N2O/c1-7-9(6-11-12(7)2)8-4-3-5-10(8)13/h6,8,10,13H,3-5H2,1-2H3. The largest absolute Gasteiger partial charge is 0.392 e. The van der Waals surface area contributed by atoms with Gasteiger partial charge in [-0.3, -0.25) is 4.68 Å². The van der Waals surface area contributed by atoms with E-state index in [1.807, 2.05) is 17.9 Å². The number of aromatic nitrogens is 2. The highest BCUT2D eigenvalue weighted by molar-refractivity contribution is 5.23. The molecule has 2 unspecified atom stereocenters. The van der Waals surface area contributed by atoms with E-state index in [9.17, 15) is 5.11 Å². The van der Waals surface area contributed by atoms with E-state index in [4.69, 9.17) is 0 Å². The summed E-state index contributed by atoms with van der Waals surface area (Å²) in [6, 6.07) is 0. The van der Waals surface area contributed by atoms with Crippen LogP contribution < -0.4 is 0 Å². The van der Waals surface area contributed by atoms with Crippen molar-refractivity contribution in [3.05, 3.63) is 17.5 Å². The summed E-state index contributed by atoms with van der Waals surface area (Å²) in [5, 5.41) is 13.9. The van der Waals surface area contributed by atoms with Crippen molar-refractivity contribution in [2.24, 2.45) is 7.05 Å². The Bertz CT molecular complexity index is 306. The minimum atomic E-state index is -0.150. The van der Waals surface area contributed by atoms with Crippen LogP contribution in [0.3, 0.4) is 0 Å². The molecule has 13 heavy (non-hydrogen) atoms. The van der Waals surface area contributed by atoms with Crippen molar-refractivity contribution in [3.63, 3.8) is 0 Å². The van der Waals surface area contributed by atoms with Gasteiger partial charge in [-0.05, 0) is 25.3 Å². The maximum absolute atomic E-state index is 9.74. The zero-order valence-corrected chi connectivity index (χ0v) is 8.20. The first-order valence-corrected chi connectivity index (χ1v) is 4.86. The van der Waals surface area contributed by atoms with Gasteiger partial charge in [-0.15, -0.1) is 0 Å². The number of hydrogen-bond acceptors (Lipinski definition) is 2. The minimum Gasteiger partial charge on any atom is -0.392 e. The molecule has 0 aromatic carbocycles. The number of nitrogens with zero attached hydrogens (tertiary/aromatic N) is 2. The first-order chi connectivity index (χ1) is 6.20. The smallest absolute Gasteiger partial charge is 0.0610 e. The predicted octanol–water partition coefficient (Wildman–Crippen LogP) is 1.36. The molecule has 1 N–H and O–H groups in total. The van der Waals surface area contributed by atoms with Crippen LogP contribution in [0.4, 0.5) is 0 Å². The molecule has 0 radical (unpaired) electrons. The highest BCUT2D eigenvalue weighted by Crippen LogP contribution is 2.35. The molecule has 0 saturated heterocycles. The number of aliphatic hydroxyl groups excluding tert-OH is 1. The van der Waals surface area contributed by atoms with Crippen LogP contribution in [0.15, 0.2) is 6.20 Å². The van der Waals surface area contributed by atoms with E-state index in [0.717, 1.165) is 19.3 Å². The molecular weight excluding hydrogens is 164 g/mol. The van der Waals surface area contributed by atoms with Crippen molar-refractivity contribution < 1.29 is 5.11 Å². The van der Waals surface area contributed by atoms with Crippen LogP contribution in [0.25, 0.3) is 0 Å². The summed E-state index contributed by atoms with van der Waals surface area (Å²) < 4.78 is 1.88. The van der Waals surface area contributed by atoms with Gasteiger partial charge in [-0.25, -0.2) is 0 Å². The Kier molecular flexibility index (Phi) is 2.12. The highest BCUT2D eigenvalue weighted by atomic mass is 16.3. The first-order valence-electron chi connectivity index (χ1n) is 4.86. The van der Waals surface area contributed by atoms with Gasteiger partial charge in [0, 0.05) is 18.7 Å². The third-order valence-electron chi connectivity index (χ3n) is 3.15. The number of aliphatic hydroxyl groups is 1. The van der Waals surface area contributed by atoms with Crippen molar-refractivity contribution in [2.45, 2.75) is 38.2 Å². The molecule has 3 heteroatoms. The average Bonchev–Trinajstić information content (AvgIpc) is 2.62. The Labute approximate surface area is 78.4 Å². The summed E-state index contributed by atoms with van der Waals surface area (Å²) in [5.74, 6) is 0.327. The lowest BCUT2D eigenvalue weighted by Gasteiger charge is -2.13. The Morgan fingerprint density at radius 1 is 1.54 bits per heavy atom. The lowest BCUT2D eigenvalue weighted by atomic mass is 9.97. The third kappa shape index (κ3) is 1.37. The van der Waals surface area contributed by atoms with Crippen molar-refractivity contribution in [1.29, 1.82) is 0 Å². The normalized spacial score (nSPS) is 28.2. The Morgan fingerprint density at radius 3 is 2.77 bits per heavy atom. The molecule has 1 aromatic rings. The highest BCUT2D eigenvalue weighted by Gasteiger charge is 2.28. The second-order valence-corrected chi connectivity index (χ2v) is 3.91. The molecule has 2 rings (SSSR count). The molecule has 1 aromatic heterocycles. The molecule has 1 heterocycles. The van der Waals surface area contributed by atoms with E-state index in [-0.39, 0.29) is 6.10 Å². The molecule has 1 aliphatic rings. The topological polar surface area (TPSA) is 38.1 Å². The van der Waals surface area contributed by atoms with E-state index >= 15 is 0 Å². The van der Waals surface area contributed by atoms with Crippen LogP contribution >= 0.6 is 0 Å². The van der Waals surface area contributed by atoms with Crippen LogP contribution in [0.1, 0.15) is 36.4 Å². The molecule has 2 atom stereocenters. The molecule has 0 spiro atoms. The van der Waals surface area contributed by atoms with E-state index in [0.29, 0.717) is 5.92 Å². The van der Waals surface area contributed by atoms with Gasteiger partial charge in [0.15, 0.2) is 0 Å². The molecule has 1 aliphatic carbocycles. The van der Waals surface area contributed by atoms with Crippen molar-refractivity contribution >= 4 is 0 Å². The Balaban J connectivity index is 2.29. The first kappa shape index (κ1) is 8.75. The summed E-state index contributed by atoms with van der Waals surface area (Å²) in [4.78, 5) is 0. The van der Waals surface area contributed by atoms with Gasteiger partial charge in [-0.2, -0.15) is 5.10 Å². The molecule has 1 fully saturated rings. The fourth-order valence-electron chi connectivity index (χ4n) is 2.18. The zero-order valence-electron chi connectivity index (χ0n) is 8.20. The number of aryl methyl sites for hydroxylation is 1. The maximum Gasteiger partial charge on any atom is 0.0610 e. The summed E-state index contributed by atoms with van der Waals surface area (Å²) >= 11 is 0. The molecule has 1 saturated carbocycles. The van der Waals surface area contributed by atoms with Crippen LogP contribution in [-0.4, -0.2) is 21.0 Å². The predicted molar refractivity (Wildman–Crippen MR) is 50.5 cm³/mol. The maximum atomic E-state index is 9.74. The molecule has 0 amide bonds. The lowest BCUT2D eigenvalue weighted by Crippen LogP contribution is -2.11. The van der Waals surface area contributed by atoms with E-state index in [2.05, 4.69) is 12.0 Å². The van der Waals surface area contributed by atoms with Gasteiger partial charge in [0.25, 0.3) is 0 Å². The van der Waals surface area contributed by atoms with Gasteiger partial charge in [-0.1, -0.05) is 6.42 Å². The molecule has 0 bridgehead atoms. The minimum absolute atomic E-state index is 0.150. The molecule has 0 aliphatic heterocycles. The molecule has 3 nitrogen and oxygen atoms in total. The van der Waals surface area contributed by atoms with Crippen molar-refractivity contribution in [1.82, 2.24) is 9.78 Å². The van der Waals surface area contributed by atoms with E-state index in [1.54, 1.807) is 0 Å². The van der Waals surface area contributed by atoms with E-state index < -0.39 is 0 Å². The van der Waals surface area contributed by atoms with Gasteiger partial charge < -0.3 is 5.11 Å². The van der Waals surface area contributed by atoms with Crippen LogP contribution in [0, 0.1) is 6.92 Å². The quantitative estimate of drug-likeness (QED) is 0.708. The second-order valence-electron chi connectivity index (χ2n) is 3.91. The van der Waals surface area contributed by atoms with Gasteiger partial charge >= 0.3 is 0 Å². The molecular formula is C10H16N2O. The van der Waals surface area contributed by atoms with Gasteiger partial charge in [0.05, 0.1) is 12.3 Å². The third-order valence-corrected chi connectivity index (χ3v) is 3.15. The lowest BCUT2D eigenvalue weighted by molar-refractivity contribution is 0.163. The average molecular weight is 180 g/mol. The van der Waals surface area contributed by atoms with Crippen LogP contribution in [-0.2, 0) is 7.05 Å². The van der Waals surface area contributed by atoms with Crippen molar-refractivity contribution in [3.8, 4) is 0 Å². The van der Waals surface area contributed by atoms with Crippen LogP contribution in [0.2, 0.25) is 0 Å². The Morgan fingerprint density at radius 2 is 2.31 bits per heavy atom. The van der Waals surface area contributed by atoms with E-state index in [1.165, 1.54) is 11.3 Å². The zero-order chi connectivity index (χ0) is 9.42. The van der Waals surface area contributed by atoms with Crippen LogP contribution in [0.5, 0.6) is 0 Å². The fraction of sp³-hybridized carbons (Fsp3) is 0.700. The van der Waals surface area contributed by atoms with Crippen molar-refractivity contribution in [2.75, 3.05) is 0 Å². The van der Waals surface area contributed by atoms with Gasteiger partial charge in [0.1, 0.15) is 0 Å². The fourth-order valence-corrected chi connectivity index (χ4v) is 2.18. The molecule has 72 valence electrons. The SMILES string of the molecule is Cc1c(C2CCCC2O)cnn1C. The second kappa shape index (κ2) is 3.14. The number of rotatable bonds is 1.